The maximum absolute atomic E-state index is 13.0. The van der Waals surface area contributed by atoms with E-state index >= 15 is 0 Å². The lowest BCUT2D eigenvalue weighted by atomic mass is 9.85. The number of halogens is 1. The van der Waals surface area contributed by atoms with E-state index in [0.29, 0.717) is 16.8 Å². The molecule has 2 unspecified atom stereocenters. The van der Waals surface area contributed by atoms with Gasteiger partial charge < -0.3 is 5.32 Å². The van der Waals surface area contributed by atoms with Gasteiger partial charge in [0.25, 0.3) is 0 Å². The van der Waals surface area contributed by atoms with Crippen LogP contribution in [-0.4, -0.2) is 27.6 Å². The topological polar surface area (TPSA) is 71.4 Å². The van der Waals surface area contributed by atoms with Gasteiger partial charge >= 0.3 is 0 Å². The van der Waals surface area contributed by atoms with Crippen molar-refractivity contribution in [3.05, 3.63) is 89.1 Å². The van der Waals surface area contributed by atoms with Gasteiger partial charge in [-0.2, -0.15) is 0 Å². The number of aromatic nitrogens is 1. The second-order valence-electron chi connectivity index (χ2n) is 7.46. The molecule has 0 bridgehead atoms. The average Bonchev–Trinajstić information content (AvgIpc) is 2.80. The Morgan fingerprint density at radius 3 is 2.52 bits per heavy atom. The average molecular weight is 432 g/mol. The molecule has 0 radical (unpaired) electrons. The molecule has 5 nitrogen and oxygen atoms in total. The molecular formula is C25H22ClN3O2. The fourth-order valence-electron chi connectivity index (χ4n) is 3.76. The van der Waals surface area contributed by atoms with E-state index in [9.17, 15) is 9.59 Å². The van der Waals surface area contributed by atoms with Crippen LogP contribution < -0.4 is 5.32 Å². The van der Waals surface area contributed by atoms with Crippen LogP contribution in [0.25, 0.3) is 0 Å². The van der Waals surface area contributed by atoms with E-state index < -0.39 is 5.38 Å². The first-order valence-corrected chi connectivity index (χ1v) is 10.6. The van der Waals surface area contributed by atoms with Crippen molar-refractivity contribution in [2.24, 2.45) is 4.99 Å². The van der Waals surface area contributed by atoms with E-state index in [1.807, 2.05) is 42.5 Å². The standard InChI is InChI=1S/C25H22ClN3O2/c1-3-19(29-20-9-4-5-14-27-20)16-10-12-17(13-11-16)28-23-22(26)25(31)21-15(2)7-6-8-18(21)24(23)30/h4-14,19,22H,3H2,1-2H3,(H,27,29). The number of nitrogens with one attached hydrogen (secondary N) is 1. The molecule has 6 heteroatoms. The molecule has 3 aromatic rings. The number of nitrogens with zero attached hydrogens (tertiary/aromatic N) is 2. The molecule has 0 amide bonds. The predicted octanol–water partition coefficient (Wildman–Crippen LogP) is 5.71. The van der Waals surface area contributed by atoms with Crippen LogP contribution in [0.5, 0.6) is 0 Å². The third kappa shape index (κ3) is 4.14. The number of carbonyl (C=O) groups is 2. The van der Waals surface area contributed by atoms with Gasteiger partial charge in [-0.05, 0) is 48.7 Å². The Labute approximate surface area is 186 Å². The van der Waals surface area contributed by atoms with Gasteiger partial charge in [0.05, 0.1) is 11.7 Å². The summed E-state index contributed by atoms with van der Waals surface area (Å²) in [6.07, 6.45) is 2.62. The number of aliphatic imine (C=N–C) groups is 1. The van der Waals surface area contributed by atoms with Gasteiger partial charge in [-0.15, -0.1) is 11.6 Å². The molecule has 1 aliphatic rings. The van der Waals surface area contributed by atoms with Crippen molar-refractivity contribution in [2.75, 3.05) is 5.32 Å². The molecule has 0 spiro atoms. The number of benzene rings is 2. The van der Waals surface area contributed by atoms with Crippen LogP contribution >= 0.6 is 11.6 Å². The highest BCUT2D eigenvalue weighted by Gasteiger charge is 2.38. The van der Waals surface area contributed by atoms with Crippen LogP contribution in [0.15, 0.2) is 71.9 Å². The monoisotopic (exact) mass is 431 g/mol. The van der Waals surface area contributed by atoms with Gasteiger partial charge in [0, 0.05) is 17.3 Å². The maximum Gasteiger partial charge on any atom is 0.209 e. The van der Waals surface area contributed by atoms with Crippen LogP contribution in [0.3, 0.4) is 0 Å². The molecule has 2 aromatic carbocycles. The summed E-state index contributed by atoms with van der Waals surface area (Å²) in [5.74, 6) is 0.227. The second kappa shape index (κ2) is 8.82. The van der Waals surface area contributed by atoms with Crippen molar-refractivity contribution in [2.45, 2.75) is 31.7 Å². The van der Waals surface area contributed by atoms with Gasteiger partial charge in [0.15, 0.2) is 5.78 Å². The third-order valence-electron chi connectivity index (χ3n) is 5.41. The number of Topliss-reactive ketones (excluding diaryl/α,β-unsaturated/α-hetero) is 2. The fourth-order valence-corrected chi connectivity index (χ4v) is 4.02. The van der Waals surface area contributed by atoms with Gasteiger partial charge in [0.1, 0.15) is 16.9 Å². The number of pyridine rings is 1. The van der Waals surface area contributed by atoms with E-state index in [4.69, 9.17) is 11.6 Å². The Morgan fingerprint density at radius 1 is 1.06 bits per heavy atom. The van der Waals surface area contributed by atoms with Crippen LogP contribution in [-0.2, 0) is 0 Å². The minimum Gasteiger partial charge on any atom is -0.363 e. The molecule has 2 atom stereocenters. The van der Waals surface area contributed by atoms with Crippen molar-refractivity contribution in [3.8, 4) is 0 Å². The summed E-state index contributed by atoms with van der Waals surface area (Å²) < 4.78 is 0. The lowest BCUT2D eigenvalue weighted by Crippen LogP contribution is -2.38. The minimum absolute atomic E-state index is 0.0659. The van der Waals surface area contributed by atoms with Gasteiger partial charge in [0.2, 0.25) is 5.78 Å². The molecule has 4 rings (SSSR count). The second-order valence-corrected chi connectivity index (χ2v) is 7.90. The lowest BCUT2D eigenvalue weighted by Gasteiger charge is -2.21. The number of aryl methyl sites for hydroxylation is 1. The lowest BCUT2D eigenvalue weighted by molar-refractivity contribution is 0.0967. The van der Waals surface area contributed by atoms with Crippen LogP contribution in [0.1, 0.15) is 51.2 Å². The zero-order chi connectivity index (χ0) is 22.0. The molecule has 0 saturated carbocycles. The molecular weight excluding hydrogens is 410 g/mol. The number of carbonyl (C=O) groups excluding carboxylic acids is 2. The third-order valence-corrected chi connectivity index (χ3v) is 5.81. The van der Waals surface area contributed by atoms with Crippen LogP contribution in [0, 0.1) is 6.92 Å². The Bertz CT molecular complexity index is 1160. The molecule has 0 aliphatic heterocycles. The molecule has 1 heterocycles. The number of fused-ring (bicyclic) bond motifs is 1. The number of hydrogen-bond acceptors (Lipinski definition) is 5. The summed E-state index contributed by atoms with van der Waals surface area (Å²) in [5, 5.41) is 2.33. The SMILES string of the molecule is CCC(Nc1ccccn1)c1ccc(N=C2C(=O)c3cccc(C)c3C(=O)C2Cl)cc1. The van der Waals surface area contributed by atoms with E-state index in [0.717, 1.165) is 23.4 Å². The Kier molecular flexibility index (Phi) is 5.96. The number of rotatable bonds is 5. The summed E-state index contributed by atoms with van der Waals surface area (Å²) in [4.78, 5) is 34.5. The summed E-state index contributed by atoms with van der Waals surface area (Å²) in [6, 6.07) is 18.6. The van der Waals surface area contributed by atoms with Crippen molar-refractivity contribution in [3.63, 3.8) is 0 Å². The summed E-state index contributed by atoms with van der Waals surface area (Å²) in [6.45, 7) is 3.90. The maximum atomic E-state index is 13.0. The number of ketones is 2. The molecule has 1 aliphatic carbocycles. The largest absolute Gasteiger partial charge is 0.363 e. The summed E-state index contributed by atoms with van der Waals surface area (Å²) in [5.41, 5.74) is 3.23. The fraction of sp³-hybridized carbons (Fsp3) is 0.200. The molecule has 31 heavy (non-hydrogen) atoms. The normalized spacial score (nSPS) is 18.0. The Hall–Kier alpha value is -3.31. The molecule has 0 fully saturated rings. The first kappa shape index (κ1) is 20.9. The van der Waals surface area contributed by atoms with Gasteiger partial charge in [-0.3, -0.25) is 9.59 Å². The molecule has 1 N–H and O–H groups in total. The predicted molar refractivity (Wildman–Crippen MR) is 124 cm³/mol. The zero-order valence-corrected chi connectivity index (χ0v) is 18.1. The van der Waals surface area contributed by atoms with E-state index in [2.05, 4.69) is 22.2 Å². The first-order valence-electron chi connectivity index (χ1n) is 10.2. The number of anilines is 1. The molecule has 1 aromatic heterocycles. The molecule has 0 saturated heterocycles. The highest BCUT2D eigenvalue weighted by atomic mass is 35.5. The van der Waals surface area contributed by atoms with Crippen molar-refractivity contribution in [1.29, 1.82) is 0 Å². The molecule has 156 valence electrons. The summed E-state index contributed by atoms with van der Waals surface area (Å²) >= 11 is 6.35. The quantitative estimate of drug-likeness (QED) is 0.525. The minimum atomic E-state index is -1.09. The van der Waals surface area contributed by atoms with Crippen LogP contribution in [0.4, 0.5) is 11.5 Å². The van der Waals surface area contributed by atoms with Gasteiger partial charge in [-0.1, -0.05) is 43.3 Å². The Balaban J connectivity index is 1.61. The first-order chi connectivity index (χ1) is 15.0. The van der Waals surface area contributed by atoms with E-state index in [1.165, 1.54) is 0 Å². The smallest absolute Gasteiger partial charge is 0.209 e. The number of hydrogen-bond donors (Lipinski definition) is 1. The van der Waals surface area contributed by atoms with Crippen molar-refractivity contribution in [1.82, 2.24) is 4.98 Å². The van der Waals surface area contributed by atoms with Crippen molar-refractivity contribution < 1.29 is 9.59 Å². The van der Waals surface area contributed by atoms with E-state index in [-0.39, 0.29) is 23.3 Å². The summed E-state index contributed by atoms with van der Waals surface area (Å²) in [7, 11) is 0. The Morgan fingerprint density at radius 2 is 1.84 bits per heavy atom. The number of alkyl halides is 1. The van der Waals surface area contributed by atoms with E-state index in [1.54, 1.807) is 31.3 Å². The van der Waals surface area contributed by atoms with Crippen molar-refractivity contribution >= 4 is 40.4 Å². The zero-order valence-electron chi connectivity index (χ0n) is 17.3. The van der Waals surface area contributed by atoms with Gasteiger partial charge in [-0.25, -0.2) is 9.98 Å². The van der Waals surface area contributed by atoms with Crippen LogP contribution in [0.2, 0.25) is 0 Å². The highest BCUT2D eigenvalue weighted by molar-refractivity contribution is 6.65. The highest BCUT2D eigenvalue weighted by Crippen LogP contribution is 2.29.